The van der Waals surface area contributed by atoms with E-state index in [9.17, 15) is 36.4 Å². The first-order chi connectivity index (χ1) is 27.2. The van der Waals surface area contributed by atoms with Crippen molar-refractivity contribution in [3.63, 3.8) is 0 Å². The highest BCUT2D eigenvalue weighted by molar-refractivity contribution is 7.91. The van der Waals surface area contributed by atoms with Gasteiger partial charge in [0.2, 0.25) is 33.6 Å². The first-order valence-corrected chi connectivity index (χ1v) is 21.0. The third-order valence-electron chi connectivity index (χ3n) is 11.5. The molecule has 3 heterocycles. The highest BCUT2D eigenvalue weighted by atomic mass is 32.2. The van der Waals surface area contributed by atoms with Gasteiger partial charge in [0.05, 0.1) is 20.8 Å². The molecule has 58 heavy (non-hydrogen) atoms. The van der Waals surface area contributed by atoms with Crippen molar-refractivity contribution >= 4 is 44.6 Å². The second kappa shape index (κ2) is 16.1. The SMILES string of the molecule is COc1ccc2c(O[C@@H]3C[C@H]4C(=O)N[C@]5(C(=O)NS(=O)(=O)C6(C(F)F)CC6)C[C@H]5/C=C\CC[C@@H](C)C[C@@H](C)[C@H](NC(=O)OC(C)(C)C)C(=O)N4C3)nc(OC)cc2c1. The van der Waals surface area contributed by atoms with Gasteiger partial charge in [-0.15, -0.1) is 0 Å². The maximum absolute atomic E-state index is 14.8. The van der Waals surface area contributed by atoms with Gasteiger partial charge < -0.3 is 34.5 Å². The van der Waals surface area contributed by atoms with Crippen LogP contribution in [0.1, 0.15) is 79.6 Å². The normalized spacial score (nSPS) is 29.2. The lowest BCUT2D eigenvalue weighted by molar-refractivity contribution is -0.142. The Kier molecular flexibility index (Phi) is 11.9. The number of alkyl halides is 2. The number of pyridine rings is 1. The largest absolute Gasteiger partial charge is 0.497 e. The van der Waals surface area contributed by atoms with Gasteiger partial charge in [-0.1, -0.05) is 26.0 Å². The molecule has 0 unspecified atom stereocenters. The topological polar surface area (TPSA) is 192 Å². The number of benzene rings is 1. The highest BCUT2D eigenvalue weighted by Gasteiger charge is 2.66. The van der Waals surface area contributed by atoms with Crippen LogP contribution >= 0.6 is 0 Å². The van der Waals surface area contributed by atoms with Crippen molar-refractivity contribution < 1.29 is 55.3 Å². The first kappa shape index (κ1) is 42.9. The smallest absolute Gasteiger partial charge is 0.408 e. The van der Waals surface area contributed by atoms with Crippen molar-refractivity contribution in [2.24, 2.45) is 17.8 Å². The van der Waals surface area contributed by atoms with Gasteiger partial charge in [0.15, 0.2) is 4.75 Å². The van der Waals surface area contributed by atoms with Gasteiger partial charge in [-0.25, -0.2) is 22.0 Å². The molecular formula is C40H53F2N5O10S. The predicted octanol–water partition coefficient (Wildman–Crippen LogP) is 4.62. The number of fused-ring (bicyclic) bond motifs is 3. The molecule has 15 nitrogen and oxygen atoms in total. The molecule has 1 aromatic heterocycles. The summed E-state index contributed by atoms with van der Waals surface area (Å²) in [6.07, 6.45) is -0.266. The number of aromatic nitrogens is 1. The Morgan fingerprint density at radius 3 is 2.43 bits per heavy atom. The number of hydrogen-bond donors (Lipinski definition) is 3. The van der Waals surface area contributed by atoms with Crippen LogP contribution in [0, 0.1) is 17.8 Å². The third kappa shape index (κ3) is 8.81. The third-order valence-corrected chi connectivity index (χ3v) is 13.6. The first-order valence-electron chi connectivity index (χ1n) is 19.6. The molecule has 1 saturated heterocycles. The summed E-state index contributed by atoms with van der Waals surface area (Å²) in [4.78, 5) is 62.3. The molecule has 4 amide bonds. The number of alkyl carbamates (subject to hydrolysis) is 1. The minimum Gasteiger partial charge on any atom is -0.497 e. The quantitative estimate of drug-likeness (QED) is 0.299. The number of nitrogens with zero attached hydrogens (tertiary/aromatic N) is 2. The Bertz CT molecular complexity index is 2070. The van der Waals surface area contributed by atoms with Crippen LogP contribution in [0.4, 0.5) is 13.6 Å². The zero-order valence-electron chi connectivity index (χ0n) is 33.8. The second-order valence-corrected chi connectivity index (χ2v) is 19.1. The lowest BCUT2D eigenvalue weighted by Gasteiger charge is -2.33. The summed E-state index contributed by atoms with van der Waals surface area (Å²) in [5.41, 5.74) is -2.68. The van der Waals surface area contributed by atoms with Crippen molar-refractivity contribution in [2.45, 2.75) is 120 Å². The standard InChI is InChI=1S/C40H53F2N5O10S/c1-22-10-8-9-11-25-20-40(25,36(50)46-58(52,53)39(14-15-39)35(41)42)45-32(48)29-19-27(56-33-28-13-12-26(54-6)17-24(28)18-30(43-33)55-7)21-47(29)34(49)31(23(2)16-22)44-37(51)57-38(3,4)5/h9,11-13,17-18,22-23,25,27,29,31,35H,8,10,14-16,19-21H2,1-7H3,(H,44,51)(H,45,48)(H,46,50)/b11-9-/t22-,23-,25-,27-,29+,31+,40-/m1/s1. The number of allylic oxidation sites excluding steroid dienone is 1. The molecule has 3 N–H and O–H groups in total. The number of nitrogens with one attached hydrogen (secondary N) is 3. The van der Waals surface area contributed by atoms with Crippen molar-refractivity contribution in [2.75, 3.05) is 20.8 Å². The predicted molar refractivity (Wildman–Crippen MR) is 208 cm³/mol. The fraction of sp³-hybridized carbons (Fsp3) is 0.625. The van der Waals surface area contributed by atoms with Crippen molar-refractivity contribution in [3.8, 4) is 17.5 Å². The Labute approximate surface area is 337 Å². The van der Waals surface area contributed by atoms with Crippen LogP contribution in [0.3, 0.4) is 0 Å². The van der Waals surface area contributed by atoms with Crippen LogP contribution in [0.15, 0.2) is 36.4 Å². The number of carbonyl (C=O) groups is 4. The Balaban J connectivity index is 1.37. The number of rotatable bonds is 9. The van der Waals surface area contributed by atoms with Gasteiger partial charge in [-0.05, 0) is 94.7 Å². The Morgan fingerprint density at radius 1 is 1.07 bits per heavy atom. The maximum atomic E-state index is 14.8. The molecule has 1 aromatic carbocycles. The summed E-state index contributed by atoms with van der Waals surface area (Å²) in [6, 6.07) is 4.53. The fourth-order valence-electron chi connectivity index (χ4n) is 7.95. The van der Waals surface area contributed by atoms with E-state index < -0.39 is 86.2 Å². The van der Waals surface area contributed by atoms with Gasteiger partial charge in [-0.3, -0.25) is 19.1 Å². The van der Waals surface area contributed by atoms with E-state index in [-0.39, 0.29) is 49.9 Å². The summed E-state index contributed by atoms with van der Waals surface area (Å²) >= 11 is 0. The van der Waals surface area contributed by atoms with Crippen molar-refractivity contribution in [1.29, 1.82) is 0 Å². The van der Waals surface area contributed by atoms with E-state index in [1.165, 1.54) is 19.1 Å². The molecule has 0 spiro atoms. The van der Waals surface area contributed by atoms with E-state index in [1.54, 1.807) is 51.1 Å². The van der Waals surface area contributed by atoms with Gasteiger partial charge >= 0.3 is 6.09 Å². The lowest BCUT2D eigenvalue weighted by Crippen LogP contribution is -2.59. The number of carbonyl (C=O) groups excluding carboxylic acids is 4. The van der Waals surface area contributed by atoms with Crippen LogP contribution in [0.25, 0.3) is 10.8 Å². The average molecular weight is 834 g/mol. The van der Waals surface area contributed by atoms with Gasteiger partial charge in [0.25, 0.3) is 12.3 Å². The van der Waals surface area contributed by atoms with Crippen LogP contribution < -0.4 is 29.6 Å². The summed E-state index contributed by atoms with van der Waals surface area (Å²) in [6.45, 7) is 8.79. The zero-order valence-corrected chi connectivity index (χ0v) is 34.6. The fourth-order valence-corrected chi connectivity index (χ4v) is 9.46. The lowest BCUT2D eigenvalue weighted by atomic mass is 9.88. The minimum absolute atomic E-state index is 0.00252. The molecule has 0 radical (unpaired) electrons. The van der Waals surface area contributed by atoms with E-state index in [0.29, 0.717) is 35.8 Å². The molecule has 318 valence electrons. The van der Waals surface area contributed by atoms with Crippen molar-refractivity contribution in [3.05, 3.63) is 36.4 Å². The summed E-state index contributed by atoms with van der Waals surface area (Å²) in [7, 11) is -1.84. The van der Waals surface area contributed by atoms with Gasteiger partial charge in [-0.2, -0.15) is 4.98 Å². The molecule has 2 aliphatic carbocycles. The monoisotopic (exact) mass is 833 g/mol. The Morgan fingerprint density at radius 2 is 1.79 bits per heavy atom. The molecule has 2 aliphatic heterocycles. The number of methoxy groups -OCH3 is 2. The molecule has 18 heteroatoms. The van der Waals surface area contributed by atoms with Crippen LogP contribution in [-0.4, -0.2) is 103 Å². The van der Waals surface area contributed by atoms with E-state index in [0.717, 1.165) is 0 Å². The second-order valence-electron chi connectivity index (χ2n) is 17.1. The number of sulfonamides is 1. The summed E-state index contributed by atoms with van der Waals surface area (Å²) in [5.74, 6) is -2.57. The molecule has 0 bridgehead atoms. The van der Waals surface area contributed by atoms with E-state index >= 15 is 0 Å². The molecule has 7 atom stereocenters. The average Bonchev–Trinajstić information content (AvgIpc) is 4.06. The molecule has 2 aromatic rings. The molecule has 3 fully saturated rings. The summed E-state index contributed by atoms with van der Waals surface area (Å²) in [5, 5.41) is 6.77. The van der Waals surface area contributed by atoms with Crippen LogP contribution in [0.2, 0.25) is 0 Å². The molecule has 2 saturated carbocycles. The van der Waals surface area contributed by atoms with Crippen LogP contribution in [0.5, 0.6) is 17.5 Å². The zero-order chi connectivity index (χ0) is 42.4. The Hall–Kier alpha value is -4.74. The highest BCUT2D eigenvalue weighted by Crippen LogP contribution is 2.50. The number of hydrogen-bond acceptors (Lipinski definition) is 11. The number of ether oxygens (including phenoxy) is 4. The molecule has 4 aliphatic rings. The summed E-state index contributed by atoms with van der Waals surface area (Å²) < 4.78 is 76.5. The maximum Gasteiger partial charge on any atom is 0.408 e. The molecule has 6 rings (SSSR count). The minimum atomic E-state index is -4.82. The van der Waals surface area contributed by atoms with E-state index in [4.69, 9.17) is 18.9 Å². The number of amides is 4. The van der Waals surface area contributed by atoms with Gasteiger partial charge in [0, 0.05) is 23.8 Å². The van der Waals surface area contributed by atoms with Crippen LogP contribution in [-0.2, 0) is 29.1 Å². The van der Waals surface area contributed by atoms with E-state index in [1.807, 2.05) is 24.6 Å². The van der Waals surface area contributed by atoms with Gasteiger partial charge in [0.1, 0.15) is 35.1 Å². The van der Waals surface area contributed by atoms with E-state index in [2.05, 4.69) is 15.6 Å². The number of halogens is 2. The van der Waals surface area contributed by atoms with Crippen molar-refractivity contribution in [1.82, 2.24) is 25.2 Å². The molecular weight excluding hydrogens is 781 g/mol.